The van der Waals surface area contributed by atoms with Gasteiger partial charge in [-0.25, -0.2) is 0 Å². The Morgan fingerprint density at radius 3 is 2.74 bits per heavy atom. The Labute approximate surface area is 161 Å². The molecule has 1 atom stereocenters. The lowest BCUT2D eigenvalue weighted by atomic mass is 10.1. The molecule has 1 aromatic carbocycles. The van der Waals surface area contributed by atoms with E-state index in [0.29, 0.717) is 19.7 Å². The molecule has 1 fully saturated rings. The number of amides is 2. The number of methoxy groups -OCH3 is 1. The zero-order chi connectivity index (χ0) is 19.6. The molecule has 1 aliphatic rings. The minimum atomic E-state index is -0.147. The van der Waals surface area contributed by atoms with E-state index in [9.17, 15) is 9.59 Å². The van der Waals surface area contributed by atoms with Crippen molar-refractivity contribution >= 4 is 17.5 Å². The Bertz CT molecular complexity index is 630. The van der Waals surface area contributed by atoms with E-state index in [1.54, 1.807) is 12.0 Å². The van der Waals surface area contributed by atoms with E-state index >= 15 is 0 Å². The monoisotopic (exact) mass is 377 g/mol. The van der Waals surface area contributed by atoms with Gasteiger partial charge in [0, 0.05) is 32.5 Å². The van der Waals surface area contributed by atoms with Crippen molar-refractivity contribution in [3.05, 3.63) is 29.3 Å². The normalized spacial score (nSPS) is 16.5. The third-order valence-electron chi connectivity index (χ3n) is 4.78. The molecule has 2 amide bonds. The number of nitrogens with one attached hydrogen (secondary N) is 2. The Kier molecular flexibility index (Phi) is 8.71. The molecule has 7 nitrogen and oxygen atoms in total. The van der Waals surface area contributed by atoms with Crippen molar-refractivity contribution in [3.63, 3.8) is 0 Å². The van der Waals surface area contributed by atoms with Crippen LogP contribution in [0.25, 0.3) is 0 Å². The Hall–Kier alpha value is -1.96. The van der Waals surface area contributed by atoms with Gasteiger partial charge in [0.2, 0.25) is 11.8 Å². The number of hydrogen-bond acceptors (Lipinski definition) is 5. The maximum Gasteiger partial charge on any atom is 0.238 e. The first kappa shape index (κ1) is 21.3. The van der Waals surface area contributed by atoms with Crippen LogP contribution in [0, 0.1) is 13.8 Å². The van der Waals surface area contributed by atoms with Crippen LogP contribution < -0.4 is 10.6 Å². The van der Waals surface area contributed by atoms with Crippen molar-refractivity contribution in [3.8, 4) is 0 Å². The van der Waals surface area contributed by atoms with Crippen LogP contribution >= 0.6 is 0 Å². The van der Waals surface area contributed by atoms with Crippen LogP contribution in [0.3, 0.4) is 0 Å². The molecule has 1 aromatic rings. The number of carbonyl (C=O) groups is 2. The van der Waals surface area contributed by atoms with Crippen molar-refractivity contribution in [2.45, 2.75) is 32.8 Å². The van der Waals surface area contributed by atoms with Gasteiger partial charge in [-0.1, -0.05) is 12.1 Å². The lowest BCUT2D eigenvalue weighted by molar-refractivity contribution is -0.124. The quantitative estimate of drug-likeness (QED) is 0.646. The van der Waals surface area contributed by atoms with Crippen molar-refractivity contribution in [1.82, 2.24) is 10.2 Å². The van der Waals surface area contributed by atoms with E-state index in [1.807, 2.05) is 32.0 Å². The highest BCUT2D eigenvalue weighted by molar-refractivity contribution is 5.93. The lowest BCUT2D eigenvalue weighted by Crippen LogP contribution is -2.44. The molecule has 0 aliphatic carbocycles. The summed E-state index contributed by atoms with van der Waals surface area (Å²) in [6.07, 6.45) is 2.12. The van der Waals surface area contributed by atoms with Gasteiger partial charge < -0.3 is 20.1 Å². The molecule has 0 bridgehead atoms. The number of ether oxygens (including phenoxy) is 2. The van der Waals surface area contributed by atoms with E-state index < -0.39 is 0 Å². The summed E-state index contributed by atoms with van der Waals surface area (Å²) < 4.78 is 10.6. The highest BCUT2D eigenvalue weighted by atomic mass is 16.5. The zero-order valence-electron chi connectivity index (χ0n) is 16.5. The van der Waals surface area contributed by atoms with Crippen molar-refractivity contribution in [2.75, 3.05) is 51.8 Å². The molecule has 1 aliphatic heterocycles. The number of anilines is 1. The SMILES string of the molecule is COCCN(CC(=O)NC[C@@H]1CCCO1)CC(=O)Nc1cccc(C)c1C. The van der Waals surface area contributed by atoms with E-state index in [0.717, 1.165) is 36.3 Å². The van der Waals surface area contributed by atoms with E-state index in [4.69, 9.17) is 9.47 Å². The predicted octanol–water partition coefficient (Wildman–Crippen LogP) is 1.49. The summed E-state index contributed by atoms with van der Waals surface area (Å²) in [7, 11) is 1.60. The molecule has 1 heterocycles. The van der Waals surface area contributed by atoms with Crippen LogP contribution in [0.1, 0.15) is 24.0 Å². The zero-order valence-corrected chi connectivity index (χ0v) is 16.5. The predicted molar refractivity (Wildman–Crippen MR) is 105 cm³/mol. The number of carbonyl (C=O) groups excluding carboxylic acids is 2. The topological polar surface area (TPSA) is 79.9 Å². The highest BCUT2D eigenvalue weighted by Gasteiger charge is 2.19. The van der Waals surface area contributed by atoms with Crippen molar-refractivity contribution in [2.24, 2.45) is 0 Å². The summed E-state index contributed by atoms with van der Waals surface area (Å²) in [5.74, 6) is -0.257. The number of hydrogen-bond donors (Lipinski definition) is 2. The molecule has 0 radical (unpaired) electrons. The van der Waals surface area contributed by atoms with Gasteiger partial charge in [-0.3, -0.25) is 14.5 Å². The number of rotatable bonds is 10. The fraction of sp³-hybridized carbons (Fsp3) is 0.600. The second-order valence-electron chi connectivity index (χ2n) is 6.94. The van der Waals surface area contributed by atoms with Gasteiger partial charge in [0.05, 0.1) is 25.8 Å². The fourth-order valence-electron chi connectivity index (χ4n) is 3.01. The fourth-order valence-corrected chi connectivity index (χ4v) is 3.01. The van der Waals surface area contributed by atoms with Crippen LogP contribution in [-0.4, -0.2) is 69.3 Å². The van der Waals surface area contributed by atoms with Crippen LogP contribution in [-0.2, 0) is 19.1 Å². The summed E-state index contributed by atoms with van der Waals surface area (Å²) in [5.41, 5.74) is 2.97. The number of benzene rings is 1. The number of aryl methyl sites for hydroxylation is 1. The molecule has 0 aromatic heterocycles. The van der Waals surface area contributed by atoms with Gasteiger partial charge in [0.25, 0.3) is 0 Å². The molecule has 150 valence electrons. The van der Waals surface area contributed by atoms with Crippen LogP contribution in [0.5, 0.6) is 0 Å². The van der Waals surface area contributed by atoms with Gasteiger partial charge in [0.15, 0.2) is 0 Å². The molecule has 0 saturated carbocycles. The summed E-state index contributed by atoms with van der Waals surface area (Å²) in [6.45, 7) is 6.51. The van der Waals surface area contributed by atoms with Gasteiger partial charge in [-0.15, -0.1) is 0 Å². The average Bonchev–Trinajstić information content (AvgIpc) is 3.15. The maximum atomic E-state index is 12.5. The minimum absolute atomic E-state index is 0.106. The second-order valence-corrected chi connectivity index (χ2v) is 6.94. The Balaban J connectivity index is 1.85. The maximum absolute atomic E-state index is 12.5. The Morgan fingerprint density at radius 2 is 2.04 bits per heavy atom. The molecule has 0 spiro atoms. The molecule has 2 N–H and O–H groups in total. The largest absolute Gasteiger partial charge is 0.383 e. The third kappa shape index (κ3) is 7.28. The van der Waals surface area contributed by atoms with E-state index in [1.165, 1.54) is 0 Å². The summed E-state index contributed by atoms with van der Waals surface area (Å²) in [4.78, 5) is 26.5. The molecular weight excluding hydrogens is 346 g/mol. The Morgan fingerprint density at radius 1 is 1.26 bits per heavy atom. The van der Waals surface area contributed by atoms with E-state index in [2.05, 4.69) is 10.6 Å². The summed E-state index contributed by atoms with van der Waals surface area (Å²) >= 11 is 0. The smallest absolute Gasteiger partial charge is 0.238 e. The van der Waals surface area contributed by atoms with Gasteiger partial charge in [-0.05, 0) is 43.9 Å². The average molecular weight is 377 g/mol. The van der Waals surface area contributed by atoms with Crippen LogP contribution in [0.15, 0.2) is 18.2 Å². The molecule has 1 saturated heterocycles. The van der Waals surface area contributed by atoms with Crippen LogP contribution in [0.4, 0.5) is 5.69 Å². The first-order valence-electron chi connectivity index (χ1n) is 9.45. The first-order valence-corrected chi connectivity index (χ1v) is 9.45. The first-order chi connectivity index (χ1) is 13.0. The van der Waals surface area contributed by atoms with E-state index in [-0.39, 0.29) is 31.0 Å². The van der Waals surface area contributed by atoms with Gasteiger partial charge in [-0.2, -0.15) is 0 Å². The van der Waals surface area contributed by atoms with Gasteiger partial charge in [0.1, 0.15) is 0 Å². The number of nitrogens with zero attached hydrogens (tertiary/aromatic N) is 1. The molecule has 27 heavy (non-hydrogen) atoms. The summed E-state index contributed by atoms with van der Waals surface area (Å²) in [6, 6.07) is 5.81. The van der Waals surface area contributed by atoms with Gasteiger partial charge >= 0.3 is 0 Å². The van der Waals surface area contributed by atoms with Crippen molar-refractivity contribution < 1.29 is 19.1 Å². The third-order valence-corrected chi connectivity index (χ3v) is 4.78. The second kappa shape index (κ2) is 11.0. The lowest BCUT2D eigenvalue weighted by Gasteiger charge is -2.22. The summed E-state index contributed by atoms with van der Waals surface area (Å²) in [5, 5.41) is 5.83. The minimum Gasteiger partial charge on any atom is -0.383 e. The molecule has 2 rings (SSSR count). The standard InChI is InChI=1S/C20H31N3O4/c1-15-6-4-8-18(16(15)2)22-20(25)14-23(9-11-26-3)13-19(24)21-12-17-7-5-10-27-17/h4,6,8,17H,5,7,9-14H2,1-3H3,(H,21,24)(H,22,25)/t17-/m0/s1. The molecule has 7 heteroatoms. The highest BCUT2D eigenvalue weighted by Crippen LogP contribution is 2.17. The van der Waals surface area contributed by atoms with Crippen molar-refractivity contribution in [1.29, 1.82) is 0 Å². The van der Waals surface area contributed by atoms with Crippen LogP contribution in [0.2, 0.25) is 0 Å². The molecule has 0 unspecified atom stereocenters. The molecular formula is C20H31N3O4.